The fourth-order valence-electron chi connectivity index (χ4n) is 1.98. The van der Waals surface area contributed by atoms with Crippen molar-refractivity contribution < 1.29 is 9.90 Å². The van der Waals surface area contributed by atoms with Crippen LogP contribution in [0.1, 0.15) is 29.6 Å². The molecule has 0 saturated carbocycles. The summed E-state index contributed by atoms with van der Waals surface area (Å²) in [6.07, 6.45) is 0.863. The van der Waals surface area contributed by atoms with Gasteiger partial charge in [0, 0.05) is 0 Å². The zero-order chi connectivity index (χ0) is 13.3. The molecular formula is C13H15BrN2O2. The molecule has 4 nitrogen and oxygen atoms in total. The maximum atomic E-state index is 11.0. The molecule has 2 rings (SSSR count). The van der Waals surface area contributed by atoms with Crippen molar-refractivity contribution in [2.45, 2.75) is 31.6 Å². The number of alkyl halides is 1. The number of hydrogen-bond donors (Lipinski definition) is 1. The summed E-state index contributed by atoms with van der Waals surface area (Å²) < 4.78 is 1.76. The van der Waals surface area contributed by atoms with Gasteiger partial charge in [-0.25, -0.2) is 4.98 Å². The van der Waals surface area contributed by atoms with Crippen molar-refractivity contribution in [3.63, 3.8) is 0 Å². The molecule has 5 heteroatoms. The quantitative estimate of drug-likeness (QED) is 0.882. The van der Waals surface area contributed by atoms with Gasteiger partial charge in [0.1, 0.15) is 12.4 Å². The molecule has 0 saturated heterocycles. The maximum Gasteiger partial charge on any atom is 0.323 e. The first kappa shape index (κ1) is 13.1. The minimum atomic E-state index is -0.855. The number of rotatable bonds is 4. The van der Waals surface area contributed by atoms with Crippen LogP contribution in [0.2, 0.25) is 0 Å². The number of imidazole rings is 1. The molecule has 0 spiro atoms. The summed E-state index contributed by atoms with van der Waals surface area (Å²) >= 11 is 3.55. The Morgan fingerprint density at radius 3 is 2.89 bits per heavy atom. The first-order valence-corrected chi connectivity index (χ1v) is 6.77. The normalized spacial score (nSPS) is 12.8. The SMILES string of the molecule is CCC(Br)c1nc2cc(C)ccc2n1CC(=O)O. The lowest BCUT2D eigenvalue weighted by atomic mass is 10.2. The van der Waals surface area contributed by atoms with Crippen LogP contribution in [0.4, 0.5) is 0 Å². The van der Waals surface area contributed by atoms with Crippen molar-refractivity contribution in [1.29, 1.82) is 0 Å². The van der Waals surface area contributed by atoms with E-state index in [1.165, 1.54) is 0 Å². The maximum absolute atomic E-state index is 11.0. The lowest BCUT2D eigenvalue weighted by Crippen LogP contribution is -2.12. The van der Waals surface area contributed by atoms with Crippen molar-refractivity contribution in [2.24, 2.45) is 0 Å². The smallest absolute Gasteiger partial charge is 0.323 e. The molecule has 1 aromatic heterocycles. The van der Waals surface area contributed by atoms with Crippen LogP contribution in [0.5, 0.6) is 0 Å². The lowest BCUT2D eigenvalue weighted by molar-refractivity contribution is -0.137. The van der Waals surface area contributed by atoms with Crippen molar-refractivity contribution in [2.75, 3.05) is 0 Å². The molecule has 1 unspecified atom stereocenters. The third-order valence-corrected chi connectivity index (χ3v) is 3.92. The van der Waals surface area contributed by atoms with Crippen LogP contribution in [0, 0.1) is 6.92 Å². The van der Waals surface area contributed by atoms with Crippen molar-refractivity contribution in [3.8, 4) is 0 Å². The fourth-order valence-corrected chi connectivity index (χ4v) is 2.33. The summed E-state index contributed by atoms with van der Waals surface area (Å²) in [5.74, 6) is -0.0765. The Hall–Kier alpha value is -1.36. The number of halogens is 1. The Kier molecular flexibility index (Phi) is 3.71. The molecule has 0 fully saturated rings. The van der Waals surface area contributed by atoms with Crippen molar-refractivity contribution >= 4 is 32.9 Å². The highest BCUT2D eigenvalue weighted by Gasteiger charge is 2.18. The fraction of sp³-hybridized carbons (Fsp3) is 0.385. The van der Waals surface area contributed by atoms with Gasteiger partial charge in [-0.1, -0.05) is 28.9 Å². The highest BCUT2D eigenvalue weighted by Crippen LogP contribution is 2.29. The molecule has 1 heterocycles. The highest BCUT2D eigenvalue weighted by molar-refractivity contribution is 9.09. The predicted octanol–water partition coefficient (Wildman–Crippen LogP) is 3.28. The second kappa shape index (κ2) is 5.10. The van der Waals surface area contributed by atoms with Crippen LogP contribution < -0.4 is 0 Å². The molecular weight excluding hydrogens is 296 g/mol. The van der Waals surface area contributed by atoms with E-state index in [0.29, 0.717) is 0 Å². The summed E-state index contributed by atoms with van der Waals surface area (Å²) in [5.41, 5.74) is 2.84. The van der Waals surface area contributed by atoms with E-state index in [0.717, 1.165) is 28.8 Å². The summed E-state index contributed by atoms with van der Waals surface area (Å²) in [6.45, 7) is 3.98. The molecule has 0 radical (unpaired) electrons. The number of hydrogen-bond acceptors (Lipinski definition) is 2. The number of aryl methyl sites for hydroxylation is 1. The predicted molar refractivity (Wildman–Crippen MR) is 74.1 cm³/mol. The van der Waals surface area contributed by atoms with E-state index < -0.39 is 5.97 Å². The summed E-state index contributed by atoms with van der Waals surface area (Å²) in [6, 6.07) is 5.88. The molecule has 0 amide bonds. The number of aliphatic carboxylic acids is 1. The first-order chi connectivity index (χ1) is 8.52. The summed E-state index contributed by atoms with van der Waals surface area (Å²) in [5, 5.41) is 9.01. The number of carboxylic acid groups (broad SMARTS) is 1. The Bertz CT molecular complexity index is 592. The average molecular weight is 311 g/mol. The monoisotopic (exact) mass is 310 g/mol. The minimum Gasteiger partial charge on any atom is -0.480 e. The number of carboxylic acids is 1. The van der Waals surface area contributed by atoms with E-state index in [2.05, 4.69) is 20.9 Å². The molecule has 1 atom stereocenters. The van der Waals surface area contributed by atoms with Gasteiger partial charge in [0.05, 0.1) is 15.9 Å². The average Bonchev–Trinajstić information content (AvgIpc) is 2.65. The molecule has 0 aliphatic rings. The summed E-state index contributed by atoms with van der Waals surface area (Å²) in [4.78, 5) is 15.6. The topological polar surface area (TPSA) is 55.1 Å². The number of carbonyl (C=O) groups is 1. The standard InChI is InChI=1S/C13H15BrN2O2/c1-3-9(14)13-15-10-6-8(2)4-5-11(10)16(13)7-12(17)18/h4-6,9H,3,7H2,1-2H3,(H,17,18). The molecule has 18 heavy (non-hydrogen) atoms. The third-order valence-electron chi connectivity index (χ3n) is 2.87. The Balaban J connectivity index is 2.63. The van der Waals surface area contributed by atoms with Crippen LogP contribution in [0.25, 0.3) is 11.0 Å². The number of benzene rings is 1. The van der Waals surface area contributed by atoms with E-state index in [9.17, 15) is 4.79 Å². The van der Waals surface area contributed by atoms with E-state index in [-0.39, 0.29) is 11.4 Å². The zero-order valence-electron chi connectivity index (χ0n) is 10.4. The van der Waals surface area contributed by atoms with Gasteiger partial charge in [-0.05, 0) is 31.0 Å². The zero-order valence-corrected chi connectivity index (χ0v) is 11.9. The first-order valence-electron chi connectivity index (χ1n) is 5.85. The molecule has 0 aliphatic carbocycles. The molecule has 1 N–H and O–H groups in total. The van der Waals surface area contributed by atoms with Gasteiger partial charge in [0.15, 0.2) is 0 Å². The Morgan fingerprint density at radius 1 is 1.56 bits per heavy atom. The van der Waals surface area contributed by atoms with Crippen molar-refractivity contribution in [1.82, 2.24) is 9.55 Å². The molecule has 96 valence electrons. The van der Waals surface area contributed by atoms with Gasteiger partial charge < -0.3 is 9.67 Å². The highest BCUT2D eigenvalue weighted by atomic mass is 79.9. The number of fused-ring (bicyclic) bond motifs is 1. The summed E-state index contributed by atoms with van der Waals surface area (Å²) in [7, 11) is 0. The van der Waals surface area contributed by atoms with E-state index in [4.69, 9.17) is 5.11 Å². The van der Waals surface area contributed by atoms with Gasteiger partial charge in [-0.2, -0.15) is 0 Å². The molecule has 0 bridgehead atoms. The van der Waals surface area contributed by atoms with Crippen LogP contribution >= 0.6 is 15.9 Å². The molecule has 2 aromatic rings. The molecule has 1 aromatic carbocycles. The minimum absolute atomic E-state index is 0.0585. The molecule has 0 aliphatic heterocycles. The third kappa shape index (κ3) is 2.41. The van der Waals surface area contributed by atoms with Gasteiger partial charge in [0.25, 0.3) is 0 Å². The number of nitrogens with zero attached hydrogens (tertiary/aromatic N) is 2. The van der Waals surface area contributed by atoms with Gasteiger partial charge in [0.2, 0.25) is 0 Å². The largest absolute Gasteiger partial charge is 0.480 e. The van der Waals surface area contributed by atoms with Gasteiger partial charge >= 0.3 is 5.97 Å². The van der Waals surface area contributed by atoms with Crippen LogP contribution in [-0.2, 0) is 11.3 Å². The van der Waals surface area contributed by atoms with E-state index in [1.807, 2.05) is 32.0 Å². The van der Waals surface area contributed by atoms with E-state index >= 15 is 0 Å². The van der Waals surface area contributed by atoms with Crippen LogP contribution in [0.3, 0.4) is 0 Å². The van der Waals surface area contributed by atoms with Crippen LogP contribution in [0.15, 0.2) is 18.2 Å². The van der Waals surface area contributed by atoms with Gasteiger partial charge in [-0.15, -0.1) is 0 Å². The van der Waals surface area contributed by atoms with Crippen molar-refractivity contribution in [3.05, 3.63) is 29.6 Å². The van der Waals surface area contributed by atoms with Gasteiger partial charge in [-0.3, -0.25) is 4.79 Å². The van der Waals surface area contributed by atoms with E-state index in [1.54, 1.807) is 4.57 Å². The second-order valence-corrected chi connectivity index (χ2v) is 5.42. The lowest BCUT2D eigenvalue weighted by Gasteiger charge is -2.09. The Morgan fingerprint density at radius 2 is 2.28 bits per heavy atom. The van der Waals surface area contributed by atoms with Crippen LogP contribution in [-0.4, -0.2) is 20.6 Å². The number of aromatic nitrogens is 2. The Labute approximate surface area is 114 Å². The second-order valence-electron chi connectivity index (χ2n) is 4.32.